The molecule has 0 bridgehead atoms. The lowest BCUT2D eigenvalue weighted by atomic mass is 9.62. The van der Waals surface area contributed by atoms with E-state index in [9.17, 15) is 0 Å². The molecular formula is C52H45N. The van der Waals surface area contributed by atoms with Crippen LogP contribution in [0.25, 0.3) is 54.9 Å². The number of rotatable bonds is 6. The van der Waals surface area contributed by atoms with E-state index in [4.69, 9.17) is 0 Å². The van der Waals surface area contributed by atoms with Crippen molar-refractivity contribution < 1.29 is 0 Å². The van der Waals surface area contributed by atoms with Gasteiger partial charge in [0, 0.05) is 16.9 Å². The Morgan fingerprint density at radius 2 is 0.830 bits per heavy atom. The fourth-order valence-corrected chi connectivity index (χ4v) is 8.58. The third-order valence-corrected chi connectivity index (χ3v) is 11.7. The summed E-state index contributed by atoms with van der Waals surface area (Å²) in [6.07, 6.45) is 2.34. The average molecular weight is 684 g/mol. The number of fused-ring (bicyclic) bond motifs is 4. The average Bonchev–Trinajstić information content (AvgIpc) is 3.20. The molecule has 0 atom stereocenters. The molecule has 8 aromatic rings. The summed E-state index contributed by atoms with van der Waals surface area (Å²) in [4.78, 5) is 2.48. The molecule has 0 saturated carbocycles. The van der Waals surface area contributed by atoms with Crippen LogP contribution in [0.3, 0.4) is 0 Å². The van der Waals surface area contributed by atoms with Crippen LogP contribution in [0.4, 0.5) is 17.1 Å². The topological polar surface area (TPSA) is 3.24 Å². The Morgan fingerprint density at radius 3 is 1.45 bits per heavy atom. The Kier molecular flexibility index (Phi) is 8.04. The third-order valence-electron chi connectivity index (χ3n) is 11.7. The first-order valence-electron chi connectivity index (χ1n) is 19.0. The summed E-state index contributed by atoms with van der Waals surface area (Å²) in [7, 11) is 0. The Bertz CT molecular complexity index is 2580. The maximum atomic E-state index is 2.52. The maximum absolute atomic E-state index is 2.52. The van der Waals surface area contributed by atoms with E-state index in [-0.39, 0.29) is 10.8 Å². The monoisotopic (exact) mass is 683 g/mol. The lowest BCUT2D eigenvalue weighted by molar-refractivity contribution is 0.332. The van der Waals surface area contributed by atoms with Crippen molar-refractivity contribution >= 4 is 38.6 Å². The highest BCUT2D eigenvalue weighted by molar-refractivity contribution is 6.13. The van der Waals surface area contributed by atoms with Gasteiger partial charge in [-0.25, -0.2) is 0 Å². The minimum atomic E-state index is 0.0681. The SMILES string of the molecule is CC1(C)CCC(C)(C)c2cc(N(c3ccc(-c4ccccc4)cc3)c3ccc(-c4cc5ccccc5c5ccccc45)cc3)c(-c3ccccc3)cc21. The fourth-order valence-electron chi connectivity index (χ4n) is 8.58. The van der Waals surface area contributed by atoms with Gasteiger partial charge in [0.25, 0.3) is 0 Å². The molecular weight excluding hydrogens is 639 g/mol. The van der Waals surface area contributed by atoms with Gasteiger partial charge in [0.05, 0.1) is 5.69 Å². The van der Waals surface area contributed by atoms with Crippen molar-refractivity contribution in [2.75, 3.05) is 4.90 Å². The van der Waals surface area contributed by atoms with Gasteiger partial charge in [-0.05, 0) is 127 Å². The lowest BCUT2D eigenvalue weighted by Gasteiger charge is -2.43. The zero-order valence-corrected chi connectivity index (χ0v) is 31.1. The number of hydrogen-bond acceptors (Lipinski definition) is 1. The molecule has 0 spiro atoms. The van der Waals surface area contributed by atoms with Crippen LogP contribution in [0, 0.1) is 0 Å². The lowest BCUT2D eigenvalue weighted by Crippen LogP contribution is -2.34. The maximum Gasteiger partial charge on any atom is 0.0543 e. The van der Waals surface area contributed by atoms with Gasteiger partial charge >= 0.3 is 0 Å². The molecule has 0 heterocycles. The van der Waals surface area contributed by atoms with Gasteiger partial charge in [-0.1, -0.05) is 161 Å². The number of benzene rings is 8. The van der Waals surface area contributed by atoms with E-state index in [0.29, 0.717) is 0 Å². The standard InChI is InChI=1S/C52H45N/c1-51(2)31-32-52(3,4)49-35-50(47(34-48(49)51)38-17-9-6-10-18-38)53(41-27-23-37(24-28-41)36-15-7-5-8-16-36)42-29-25-39(26-30-42)46-33-40-19-11-12-20-43(40)44-21-13-14-22-45(44)46/h5-30,33-35H,31-32H2,1-4H3. The first kappa shape index (κ1) is 33.0. The molecule has 0 aliphatic heterocycles. The molecule has 53 heavy (non-hydrogen) atoms. The molecule has 0 amide bonds. The molecule has 1 heteroatoms. The van der Waals surface area contributed by atoms with Gasteiger partial charge in [-0.15, -0.1) is 0 Å². The zero-order chi connectivity index (χ0) is 36.2. The van der Waals surface area contributed by atoms with Crippen molar-refractivity contribution in [2.45, 2.75) is 51.4 Å². The van der Waals surface area contributed by atoms with E-state index in [2.05, 4.69) is 209 Å². The van der Waals surface area contributed by atoms with E-state index in [1.54, 1.807) is 0 Å². The molecule has 0 aromatic heterocycles. The number of anilines is 3. The van der Waals surface area contributed by atoms with Crippen LogP contribution in [0.15, 0.2) is 176 Å². The Labute approximate surface area is 314 Å². The van der Waals surface area contributed by atoms with Gasteiger partial charge in [-0.3, -0.25) is 0 Å². The van der Waals surface area contributed by atoms with Crippen LogP contribution < -0.4 is 4.90 Å². The van der Waals surface area contributed by atoms with Crippen LogP contribution >= 0.6 is 0 Å². The Morgan fingerprint density at radius 1 is 0.377 bits per heavy atom. The largest absolute Gasteiger partial charge is 0.310 e. The van der Waals surface area contributed by atoms with Crippen LogP contribution in [0.2, 0.25) is 0 Å². The van der Waals surface area contributed by atoms with Gasteiger partial charge < -0.3 is 4.90 Å². The van der Waals surface area contributed by atoms with Gasteiger partial charge in [0.15, 0.2) is 0 Å². The second-order valence-corrected chi connectivity index (χ2v) is 16.0. The molecule has 1 aliphatic rings. The fraction of sp³-hybridized carbons (Fsp3) is 0.154. The number of nitrogens with zero attached hydrogens (tertiary/aromatic N) is 1. The van der Waals surface area contributed by atoms with Crippen molar-refractivity contribution in [1.29, 1.82) is 0 Å². The van der Waals surface area contributed by atoms with Crippen molar-refractivity contribution in [3.05, 3.63) is 187 Å². The van der Waals surface area contributed by atoms with Crippen molar-refractivity contribution in [2.24, 2.45) is 0 Å². The van der Waals surface area contributed by atoms with Crippen molar-refractivity contribution in [3.63, 3.8) is 0 Å². The second-order valence-electron chi connectivity index (χ2n) is 16.0. The van der Waals surface area contributed by atoms with E-state index in [1.807, 2.05) is 0 Å². The van der Waals surface area contributed by atoms with Gasteiger partial charge in [0.2, 0.25) is 0 Å². The van der Waals surface area contributed by atoms with Crippen LogP contribution in [0.1, 0.15) is 51.7 Å². The summed E-state index contributed by atoms with van der Waals surface area (Å²) >= 11 is 0. The summed E-state index contributed by atoms with van der Waals surface area (Å²) in [5.74, 6) is 0. The smallest absolute Gasteiger partial charge is 0.0543 e. The predicted molar refractivity (Wildman–Crippen MR) is 228 cm³/mol. The zero-order valence-electron chi connectivity index (χ0n) is 31.1. The molecule has 0 saturated heterocycles. The highest BCUT2D eigenvalue weighted by atomic mass is 15.1. The van der Waals surface area contributed by atoms with Crippen LogP contribution in [0.5, 0.6) is 0 Å². The van der Waals surface area contributed by atoms with Crippen LogP contribution in [-0.4, -0.2) is 0 Å². The third kappa shape index (κ3) is 5.91. The van der Waals surface area contributed by atoms with Crippen molar-refractivity contribution in [3.8, 4) is 33.4 Å². The highest BCUT2D eigenvalue weighted by Crippen LogP contribution is 2.51. The minimum absolute atomic E-state index is 0.0681. The molecule has 9 rings (SSSR count). The molecule has 0 fully saturated rings. The van der Waals surface area contributed by atoms with E-state index >= 15 is 0 Å². The summed E-state index contributed by atoms with van der Waals surface area (Å²) in [6, 6.07) is 64.9. The molecule has 0 N–H and O–H groups in total. The second kappa shape index (κ2) is 12.9. The van der Waals surface area contributed by atoms with E-state index < -0.39 is 0 Å². The first-order valence-corrected chi connectivity index (χ1v) is 19.0. The van der Waals surface area contributed by atoms with E-state index in [0.717, 1.165) is 17.8 Å². The number of hydrogen-bond donors (Lipinski definition) is 0. The molecule has 0 radical (unpaired) electrons. The minimum Gasteiger partial charge on any atom is -0.310 e. The highest BCUT2D eigenvalue weighted by Gasteiger charge is 2.38. The summed E-state index contributed by atoms with van der Waals surface area (Å²) in [6.45, 7) is 9.69. The Balaban J connectivity index is 1.26. The predicted octanol–water partition coefficient (Wildman–Crippen LogP) is 14.8. The van der Waals surface area contributed by atoms with Gasteiger partial charge in [0.1, 0.15) is 0 Å². The molecule has 258 valence electrons. The summed E-state index contributed by atoms with van der Waals surface area (Å²) in [5.41, 5.74) is 14.0. The molecule has 1 aliphatic carbocycles. The summed E-state index contributed by atoms with van der Waals surface area (Å²) in [5, 5.41) is 5.12. The Hall–Kier alpha value is -5.92. The molecule has 0 unspecified atom stereocenters. The molecule has 1 nitrogen and oxygen atoms in total. The first-order chi connectivity index (χ1) is 25.8. The van der Waals surface area contributed by atoms with Crippen LogP contribution in [-0.2, 0) is 10.8 Å². The molecule has 8 aromatic carbocycles. The normalized spacial score (nSPS) is 14.6. The van der Waals surface area contributed by atoms with Crippen molar-refractivity contribution in [1.82, 2.24) is 0 Å². The summed E-state index contributed by atoms with van der Waals surface area (Å²) < 4.78 is 0. The van der Waals surface area contributed by atoms with E-state index in [1.165, 1.54) is 78.2 Å². The quantitative estimate of drug-likeness (QED) is 0.158. The van der Waals surface area contributed by atoms with Gasteiger partial charge in [-0.2, -0.15) is 0 Å².